The summed E-state index contributed by atoms with van der Waals surface area (Å²) in [6.07, 6.45) is 0.543. The summed E-state index contributed by atoms with van der Waals surface area (Å²) >= 11 is 0. The second-order valence-electron chi connectivity index (χ2n) is 4.02. The smallest absolute Gasteiger partial charge is 0.347 e. The van der Waals surface area contributed by atoms with Crippen LogP contribution in [0.1, 0.15) is 47.0 Å². The molecule has 0 amide bonds. The van der Waals surface area contributed by atoms with Crippen LogP contribution < -0.4 is 0 Å². The van der Waals surface area contributed by atoms with E-state index in [0.29, 0.717) is 0 Å². The van der Waals surface area contributed by atoms with Crippen LogP contribution in [0, 0.1) is 0 Å². The fraction of sp³-hybridized carbons (Fsp3) is 0.818. The lowest BCUT2D eigenvalue weighted by molar-refractivity contribution is -0.191. The third-order valence-electron chi connectivity index (χ3n) is 2.99. The van der Waals surface area contributed by atoms with Crippen molar-refractivity contribution in [2.75, 3.05) is 0 Å². The third kappa shape index (κ3) is 2.95. The monoisotopic (exact) mass is 232 g/mol. The van der Waals surface area contributed by atoms with Crippen molar-refractivity contribution in [3.05, 3.63) is 0 Å². The maximum absolute atomic E-state index is 11.7. The van der Waals surface area contributed by atoms with Crippen molar-refractivity contribution in [3.63, 3.8) is 0 Å². The van der Waals surface area contributed by atoms with E-state index in [9.17, 15) is 14.7 Å². The summed E-state index contributed by atoms with van der Waals surface area (Å²) in [5.41, 5.74) is -3.17. The summed E-state index contributed by atoms with van der Waals surface area (Å²) in [7, 11) is 0. The Bertz CT molecular complexity index is 270. The summed E-state index contributed by atoms with van der Waals surface area (Å²) in [5.74, 6) is -2.08. The van der Waals surface area contributed by atoms with Crippen LogP contribution in [-0.4, -0.2) is 33.4 Å². The van der Waals surface area contributed by atoms with Gasteiger partial charge in [0.1, 0.15) is 0 Å². The molecule has 0 saturated heterocycles. The van der Waals surface area contributed by atoms with Crippen molar-refractivity contribution in [3.8, 4) is 0 Å². The summed E-state index contributed by atoms with van der Waals surface area (Å²) in [6.45, 7) is 6.22. The van der Waals surface area contributed by atoms with Gasteiger partial charge in [0, 0.05) is 0 Å². The maximum atomic E-state index is 11.7. The molecule has 0 radical (unpaired) electrons. The minimum Gasteiger partial charge on any atom is -0.478 e. The highest BCUT2D eigenvalue weighted by Gasteiger charge is 2.42. The van der Waals surface area contributed by atoms with Gasteiger partial charge in [0.05, 0.1) is 0 Å². The average Bonchev–Trinajstić information content (AvgIpc) is 2.27. The molecule has 0 heterocycles. The molecule has 0 aromatic carbocycles. The van der Waals surface area contributed by atoms with E-state index in [4.69, 9.17) is 9.84 Å². The van der Waals surface area contributed by atoms with Crippen molar-refractivity contribution in [2.24, 2.45) is 0 Å². The molecule has 0 aromatic heterocycles. The van der Waals surface area contributed by atoms with Gasteiger partial charge >= 0.3 is 11.9 Å². The summed E-state index contributed by atoms with van der Waals surface area (Å²) in [6, 6.07) is 0. The zero-order valence-corrected chi connectivity index (χ0v) is 10.2. The van der Waals surface area contributed by atoms with Gasteiger partial charge in [-0.15, -0.1) is 0 Å². The topological polar surface area (TPSA) is 83.8 Å². The molecule has 94 valence electrons. The van der Waals surface area contributed by atoms with Gasteiger partial charge < -0.3 is 14.9 Å². The van der Waals surface area contributed by atoms with Crippen LogP contribution in [0.5, 0.6) is 0 Å². The van der Waals surface area contributed by atoms with E-state index in [1.165, 1.54) is 6.92 Å². The number of ether oxygens (including phenoxy) is 1. The fourth-order valence-corrected chi connectivity index (χ4v) is 1.11. The average molecular weight is 232 g/mol. The number of rotatable bonds is 6. The lowest BCUT2D eigenvalue weighted by Gasteiger charge is -2.29. The van der Waals surface area contributed by atoms with Crippen LogP contribution in [0.15, 0.2) is 0 Å². The second-order valence-corrected chi connectivity index (χ2v) is 4.02. The Morgan fingerprint density at radius 3 is 1.81 bits per heavy atom. The molecule has 2 N–H and O–H groups in total. The molecular formula is C11H20O5. The molecule has 0 aliphatic heterocycles. The minimum absolute atomic E-state index is 0.150. The van der Waals surface area contributed by atoms with Crippen molar-refractivity contribution in [1.82, 2.24) is 0 Å². The van der Waals surface area contributed by atoms with Crippen LogP contribution in [0.3, 0.4) is 0 Å². The Hall–Kier alpha value is -1.10. The van der Waals surface area contributed by atoms with E-state index in [-0.39, 0.29) is 19.3 Å². The van der Waals surface area contributed by atoms with E-state index in [1.807, 2.05) is 0 Å². The van der Waals surface area contributed by atoms with Crippen LogP contribution in [0.2, 0.25) is 0 Å². The number of carbonyl (C=O) groups is 2. The molecule has 0 aliphatic rings. The zero-order chi connectivity index (χ0) is 13.0. The van der Waals surface area contributed by atoms with Gasteiger partial charge in [0.2, 0.25) is 5.60 Å². The number of carboxylic acid groups (broad SMARTS) is 1. The van der Waals surface area contributed by atoms with Gasteiger partial charge in [-0.05, 0) is 26.2 Å². The minimum atomic E-state index is -1.59. The molecule has 0 fully saturated rings. The quantitative estimate of drug-likeness (QED) is 0.675. The number of hydrogen-bond donors (Lipinski definition) is 2. The first-order valence-corrected chi connectivity index (χ1v) is 5.45. The Morgan fingerprint density at radius 1 is 1.12 bits per heavy atom. The van der Waals surface area contributed by atoms with Crippen LogP contribution >= 0.6 is 0 Å². The van der Waals surface area contributed by atoms with Crippen LogP contribution in [0.4, 0.5) is 0 Å². The van der Waals surface area contributed by atoms with Gasteiger partial charge in [-0.1, -0.05) is 20.8 Å². The first-order chi connectivity index (χ1) is 7.25. The summed E-state index contributed by atoms with van der Waals surface area (Å²) in [5, 5.41) is 18.8. The number of hydrogen-bond acceptors (Lipinski definition) is 4. The molecular weight excluding hydrogens is 212 g/mol. The van der Waals surface area contributed by atoms with Gasteiger partial charge in [-0.3, -0.25) is 0 Å². The molecule has 5 nitrogen and oxygen atoms in total. The number of carboxylic acids is 1. The lowest BCUT2D eigenvalue weighted by Crippen LogP contribution is -2.47. The Balaban J connectivity index is 4.85. The summed E-state index contributed by atoms with van der Waals surface area (Å²) in [4.78, 5) is 22.6. The highest BCUT2D eigenvalue weighted by Crippen LogP contribution is 2.23. The third-order valence-corrected chi connectivity index (χ3v) is 2.99. The molecule has 0 aromatic rings. The van der Waals surface area contributed by atoms with Crippen molar-refractivity contribution >= 4 is 11.9 Å². The maximum Gasteiger partial charge on any atom is 0.347 e. The van der Waals surface area contributed by atoms with Crippen molar-refractivity contribution in [1.29, 1.82) is 0 Å². The van der Waals surface area contributed by atoms with Gasteiger partial charge in [-0.25, -0.2) is 9.59 Å². The van der Waals surface area contributed by atoms with Gasteiger partial charge in [0.25, 0.3) is 0 Å². The summed E-state index contributed by atoms with van der Waals surface area (Å²) < 4.78 is 4.91. The molecule has 1 atom stereocenters. The molecule has 0 spiro atoms. The highest BCUT2D eigenvalue weighted by atomic mass is 16.6. The second kappa shape index (κ2) is 5.30. The van der Waals surface area contributed by atoms with E-state index in [2.05, 4.69) is 0 Å². The molecule has 0 bridgehead atoms. The molecule has 0 rings (SSSR count). The largest absolute Gasteiger partial charge is 0.478 e. The molecule has 16 heavy (non-hydrogen) atoms. The van der Waals surface area contributed by atoms with Crippen molar-refractivity contribution < 1.29 is 24.5 Å². The molecule has 5 heteroatoms. The molecule has 0 aliphatic carbocycles. The standard InChI is InChI=1S/C11H20O5/c1-5-10(4,8(12)13)16-9(14)11(15,6-2)7-3/h15H,5-7H2,1-4H3,(H,12,13). The van der Waals surface area contributed by atoms with Gasteiger partial charge in [-0.2, -0.15) is 0 Å². The normalized spacial score (nSPS) is 15.3. The SMILES string of the molecule is CCC(O)(CC)C(=O)OC(C)(CC)C(=O)O. The molecule has 0 saturated carbocycles. The first kappa shape index (κ1) is 14.9. The highest BCUT2D eigenvalue weighted by molar-refractivity contribution is 5.85. The Kier molecular flexibility index (Phi) is 4.93. The Labute approximate surface area is 95.4 Å². The van der Waals surface area contributed by atoms with E-state index in [1.54, 1.807) is 20.8 Å². The first-order valence-electron chi connectivity index (χ1n) is 5.45. The number of aliphatic carboxylic acids is 1. The predicted molar refractivity (Wildman–Crippen MR) is 58.0 cm³/mol. The van der Waals surface area contributed by atoms with Gasteiger partial charge in [0.15, 0.2) is 5.60 Å². The zero-order valence-electron chi connectivity index (χ0n) is 10.2. The van der Waals surface area contributed by atoms with Crippen LogP contribution in [0.25, 0.3) is 0 Å². The van der Waals surface area contributed by atoms with E-state index in [0.717, 1.165) is 0 Å². The van der Waals surface area contributed by atoms with Crippen molar-refractivity contribution in [2.45, 2.75) is 58.2 Å². The lowest BCUT2D eigenvalue weighted by atomic mass is 9.96. The number of aliphatic hydroxyl groups is 1. The fourth-order valence-electron chi connectivity index (χ4n) is 1.11. The van der Waals surface area contributed by atoms with Crippen LogP contribution in [-0.2, 0) is 14.3 Å². The molecule has 1 unspecified atom stereocenters. The Morgan fingerprint density at radius 2 is 1.56 bits per heavy atom. The van der Waals surface area contributed by atoms with E-state index < -0.39 is 23.1 Å². The number of carbonyl (C=O) groups excluding carboxylic acids is 1. The van der Waals surface area contributed by atoms with E-state index >= 15 is 0 Å². The number of esters is 1. The predicted octanol–water partition coefficient (Wildman–Crippen LogP) is 1.33.